The van der Waals surface area contributed by atoms with Crippen LogP contribution in [0.4, 0.5) is 0 Å². The quantitative estimate of drug-likeness (QED) is 0.863. The van der Waals surface area contributed by atoms with Crippen molar-refractivity contribution >= 4 is 9.84 Å². The summed E-state index contributed by atoms with van der Waals surface area (Å²) < 4.78 is 23.2. The molecule has 0 saturated heterocycles. The molecule has 0 aromatic heterocycles. The Morgan fingerprint density at radius 1 is 1.38 bits per heavy atom. The maximum atomic E-state index is 11.6. The van der Waals surface area contributed by atoms with Crippen LogP contribution in [0, 0.1) is 5.92 Å². The van der Waals surface area contributed by atoms with E-state index in [0.717, 1.165) is 5.56 Å². The third-order valence-electron chi connectivity index (χ3n) is 3.06. The molecular weight excluding hydrogens is 222 g/mol. The minimum absolute atomic E-state index is 0.0999. The van der Waals surface area contributed by atoms with Crippen LogP contribution in [0.15, 0.2) is 29.2 Å². The van der Waals surface area contributed by atoms with Gasteiger partial charge in [-0.15, -0.1) is 0 Å². The lowest BCUT2D eigenvalue weighted by Gasteiger charge is -2.13. The Morgan fingerprint density at radius 2 is 2.00 bits per heavy atom. The van der Waals surface area contributed by atoms with Gasteiger partial charge in [-0.05, 0) is 36.8 Å². The number of rotatable bonds is 4. The summed E-state index contributed by atoms with van der Waals surface area (Å²) in [6.45, 7) is 0. The molecule has 2 rings (SSSR count). The molecule has 1 aliphatic carbocycles. The average molecular weight is 239 g/mol. The summed E-state index contributed by atoms with van der Waals surface area (Å²) in [6.07, 6.45) is 4.27. The normalized spacial score (nSPS) is 18.4. The molecule has 0 heterocycles. The molecular formula is C12H17NO2S. The van der Waals surface area contributed by atoms with E-state index < -0.39 is 9.84 Å². The molecule has 0 aliphatic heterocycles. The lowest BCUT2D eigenvalue weighted by atomic mass is 10.0. The highest BCUT2D eigenvalue weighted by atomic mass is 32.2. The predicted molar refractivity (Wildman–Crippen MR) is 64.0 cm³/mol. The van der Waals surface area contributed by atoms with Crippen molar-refractivity contribution in [1.82, 2.24) is 0 Å². The summed E-state index contributed by atoms with van der Waals surface area (Å²) >= 11 is 0. The second-order valence-corrected chi connectivity index (χ2v) is 6.57. The standard InChI is InChI=1S/C12H17NO2S/c1-16(14,15)12-5-3-2-4-10(12)8-11(13)9-6-7-9/h2-5,9,11H,6-8,13H2,1H3. The highest BCUT2D eigenvalue weighted by molar-refractivity contribution is 7.90. The number of benzene rings is 1. The van der Waals surface area contributed by atoms with Gasteiger partial charge >= 0.3 is 0 Å². The molecule has 1 aliphatic rings. The van der Waals surface area contributed by atoms with Gasteiger partial charge in [-0.25, -0.2) is 8.42 Å². The van der Waals surface area contributed by atoms with Gasteiger partial charge in [-0.2, -0.15) is 0 Å². The topological polar surface area (TPSA) is 60.2 Å². The molecule has 4 heteroatoms. The zero-order valence-corrected chi connectivity index (χ0v) is 10.2. The van der Waals surface area contributed by atoms with Crippen LogP contribution in [0.25, 0.3) is 0 Å². The van der Waals surface area contributed by atoms with Crippen LogP contribution in [0.2, 0.25) is 0 Å². The van der Waals surface area contributed by atoms with Crippen molar-refractivity contribution in [3.05, 3.63) is 29.8 Å². The van der Waals surface area contributed by atoms with Crippen LogP contribution in [0.3, 0.4) is 0 Å². The van der Waals surface area contributed by atoms with Gasteiger partial charge in [0.05, 0.1) is 4.90 Å². The Labute approximate surface area is 96.6 Å². The van der Waals surface area contributed by atoms with Crippen molar-refractivity contribution in [2.75, 3.05) is 6.26 Å². The van der Waals surface area contributed by atoms with Crippen molar-refractivity contribution in [3.63, 3.8) is 0 Å². The molecule has 0 radical (unpaired) electrons. The van der Waals surface area contributed by atoms with E-state index in [4.69, 9.17) is 5.73 Å². The van der Waals surface area contributed by atoms with Crippen LogP contribution in [0.1, 0.15) is 18.4 Å². The Hall–Kier alpha value is -0.870. The zero-order valence-electron chi connectivity index (χ0n) is 9.39. The third-order valence-corrected chi connectivity index (χ3v) is 4.25. The summed E-state index contributed by atoms with van der Waals surface area (Å²) in [5, 5.41) is 0. The highest BCUT2D eigenvalue weighted by Gasteiger charge is 2.29. The van der Waals surface area contributed by atoms with Gasteiger partial charge in [-0.3, -0.25) is 0 Å². The third kappa shape index (κ3) is 2.62. The molecule has 1 saturated carbocycles. The minimum atomic E-state index is -3.14. The van der Waals surface area contributed by atoms with Gasteiger partial charge < -0.3 is 5.73 Å². The summed E-state index contributed by atoms with van der Waals surface area (Å²) in [7, 11) is -3.14. The molecule has 0 amide bonds. The molecule has 3 nitrogen and oxygen atoms in total. The monoisotopic (exact) mass is 239 g/mol. The molecule has 16 heavy (non-hydrogen) atoms. The van der Waals surface area contributed by atoms with Gasteiger partial charge in [0.1, 0.15) is 0 Å². The first kappa shape index (κ1) is 11.6. The van der Waals surface area contributed by atoms with Crippen LogP contribution in [-0.4, -0.2) is 20.7 Å². The SMILES string of the molecule is CS(=O)(=O)c1ccccc1CC(N)C1CC1. The van der Waals surface area contributed by atoms with E-state index in [9.17, 15) is 8.42 Å². The fourth-order valence-electron chi connectivity index (χ4n) is 1.98. The first-order chi connectivity index (χ1) is 7.48. The van der Waals surface area contributed by atoms with Gasteiger partial charge in [-0.1, -0.05) is 18.2 Å². The first-order valence-electron chi connectivity index (χ1n) is 5.52. The van der Waals surface area contributed by atoms with E-state index in [1.54, 1.807) is 12.1 Å². The van der Waals surface area contributed by atoms with E-state index in [2.05, 4.69) is 0 Å². The van der Waals surface area contributed by atoms with Crippen LogP contribution in [0.5, 0.6) is 0 Å². The molecule has 0 bridgehead atoms. The van der Waals surface area contributed by atoms with Crippen LogP contribution >= 0.6 is 0 Å². The van der Waals surface area contributed by atoms with Crippen molar-refractivity contribution < 1.29 is 8.42 Å². The smallest absolute Gasteiger partial charge is 0.175 e. The van der Waals surface area contributed by atoms with Gasteiger partial charge in [0.2, 0.25) is 0 Å². The summed E-state index contributed by atoms with van der Waals surface area (Å²) in [5.41, 5.74) is 6.88. The van der Waals surface area contributed by atoms with Gasteiger partial charge in [0.15, 0.2) is 9.84 Å². The lowest BCUT2D eigenvalue weighted by Crippen LogP contribution is -2.25. The maximum Gasteiger partial charge on any atom is 0.175 e. The van der Waals surface area contributed by atoms with Crippen molar-refractivity contribution in [2.45, 2.75) is 30.2 Å². The maximum absolute atomic E-state index is 11.6. The molecule has 0 spiro atoms. The van der Waals surface area contributed by atoms with Gasteiger partial charge in [0.25, 0.3) is 0 Å². The largest absolute Gasteiger partial charge is 0.327 e. The zero-order chi connectivity index (χ0) is 11.8. The van der Waals surface area contributed by atoms with E-state index in [0.29, 0.717) is 17.2 Å². The van der Waals surface area contributed by atoms with Crippen molar-refractivity contribution in [1.29, 1.82) is 0 Å². The number of hydrogen-bond donors (Lipinski definition) is 1. The molecule has 1 fully saturated rings. The average Bonchev–Trinajstić information content (AvgIpc) is 2.99. The van der Waals surface area contributed by atoms with Crippen molar-refractivity contribution in [2.24, 2.45) is 11.7 Å². The molecule has 1 unspecified atom stereocenters. The number of nitrogens with two attached hydrogens (primary N) is 1. The Balaban J connectivity index is 2.26. The van der Waals surface area contributed by atoms with E-state index in [-0.39, 0.29) is 6.04 Å². The molecule has 1 aromatic rings. The second-order valence-electron chi connectivity index (χ2n) is 4.59. The lowest BCUT2D eigenvalue weighted by molar-refractivity contribution is 0.579. The van der Waals surface area contributed by atoms with Crippen molar-refractivity contribution in [3.8, 4) is 0 Å². The molecule has 88 valence electrons. The van der Waals surface area contributed by atoms with Crippen LogP contribution in [-0.2, 0) is 16.3 Å². The fourth-order valence-corrected chi connectivity index (χ4v) is 2.93. The molecule has 1 aromatic carbocycles. The Bertz CT molecular complexity index is 478. The fraction of sp³-hybridized carbons (Fsp3) is 0.500. The summed E-state index contributed by atoms with van der Waals surface area (Å²) in [4.78, 5) is 0.422. The Morgan fingerprint density at radius 3 is 2.56 bits per heavy atom. The summed E-state index contributed by atoms with van der Waals surface area (Å²) in [5.74, 6) is 0.590. The second kappa shape index (κ2) is 4.18. The number of sulfone groups is 1. The minimum Gasteiger partial charge on any atom is -0.327 e. The first-order valence-corrected chi connectivity index (χ1v) is 7.41. The number of hydrogen-bond acceptors (Lipinski definition) is 3. The van der Waals surface area contributed by atoms with Crippen LogP contribution < -0.4 is 5.73 Å². The highest BCUT2D eigenvalue weighted by Crippen LogP contribution is 2.33. The molecule has 1 atom stereocenters. The van der Waals surface area contributed by atoms with Gasteiger partial charge in [0, 0.05) is 12.3 Å². The molecule has 2 N–H and O–H groups in total. The van der Waals surface area contributed by atoms with E-state index >= 15 is 0 Å². The van der Waals surface area contributed by atoms with E-state index in [1.807, 2.05) is 12.1 Å². The Kier molecular flexibility index (Phi) is 3.04. The summed E-state index contributed by atoms with van der Waals surface area (Å²) in [6, 6.07) is 7.23. The van der Waals surface area contributed by atoms with E-state index in [1.165, 1.54) is 19.1 Å². The predicted octanol–water partition coefficient (Wildman–Crippen LogP) is 1.37.